The van der Waals surface area contributed by atoms with Gasteiger partial charge < -0.3 is 10.1 Å². The summed E-state index contributed by atoms with van der Waals surface area (Å²) in [5, 5.41) is 4.77. The van der Waals surface area contributed by atoms with Crippen LogP contribution in [0.4, 0.5) is 11.4 Å². The number of anilines is 2. The molecule has 1 aliphatic rings. The Labute approximate surface area is 213 Å². The lowest BCUT2D eigenvalue weighted by Gasteiger charge is -2.17. The predicted molar refractivity (Wildman–Crippen MR) is 141 cm³/mol. The van der Waals surface area contributed by atoms with Crippen LogP contribution in [-0.4, -0.2) is 29.8 Å². The van der Waals surface area contributed by atoms with Gasteiger partial charge in [-0.25, -0.2) is 9.69 Å². The van der Waals surface area contributed by atoms with Gasteiger partial charge in [0.05, 0.1) is 22.4 Å². The van der Waals surface area contributed by atoms with Crippen molar-refractivity contribution in [2.24, 2.45) is 0 Å². The molecule has 0 fully saturated rings. The summed E-state index contributed by atoms with van der Waals surface area (Å²) < 4.78 is 5.37. The number of hydrogen-bond acceptors (Lipinski definition) is 5. The van der Waals surface area contributed by atoms with Crippen molar-refractivity contribution in [2.75, 3.05) is 10.2 Å². The number of carbonyl (C=O) groups excluding carboxylic acids is 4. The van der Waals surface area contributed by atoms with Crippen molar-refractivity contribution >= 4 is 45.8 Å². The lowest BCUT2D eigenvalue weighted by atomic mass is 10.1. The fraction of sp³-hybridized carbons (Fsp3) is 0.133. The van der Waals surface area contributed by atoms with Gasteiger partial charge in [-0.3, -0.25) is 14.4 Å². The molecule has 7 nitrogen and oxygen atoms in total. The molecule has 0 saturated heterocycles. The smallest absolute Gasteiger partial charge is 0.338 e. The van der Waals surface area contributed by atoms with E-state index in [4.69, 9.17) is 4.74 Å². The van der Waals surface area contributed by atoms with Crippen LogP contribution in [-0.2, 0) is 9.53 Å². The van der Waals surface area contributed by atoms with Gasteiger partial charge in [0, 0.05) is 5.69 Å². The van der Waals surface area contributed by atoms with E-state index in [9.17, 15) is 19.2 Å². The normalized spacial score (nSPS) is 13.4. The Kier molecular flexibility index (Phi) is 6.05. The lowest BCUT2D eigenvalue weighted by molar-refractivity contribution is -0.123. The Bertz CT molecular complexity index is 1610. The highest BCUT2D eigenvalue weighted by molar-refractivity contribution is 6.35. The van der Waals surface area contributed by atoms with Crippen LogP contribution < -0.4 is 10.2 Å². The second-order valence-electron chi connectivity index (χ2n) is 9.09. The van der Waals surface area contributed by atoms with Crippen molar-refractivity contribution in [3.8, 4) is 0 Å². The number of rotatable bonds is 5. The van der Waals surface area contributed by atoms with Crippen molar-refractivity contribution in [1.82, 2.24) is 0 Å². The SMILES string of the molecule is Cc1ccc(C)c(N2C(=O)c3ccc(C(=O)OC(C)C(=O)Nc4ccc5ccccc5c4)cc3C2=O)c1. The van der Waals surface area contributed by atoms with Crippen LogP contribution in [0.15, 0.2) is 78.9 Å². The van der Waals surface area contributed by atoms with Crippen LogP contribution in [0.3, 0.4) is 0 Å². The monoisotopic (exact) mass is 492 g/mol. The molecule has 1 heterocycles. The maximum absolute atomic E-state index is 13.2. The van der Waals surface area contributed by atoms with Crippen LogP contribution >= 0.6 is 0 Å². The van der Waals surface area contributed by atoms with E-state index in [1.54, 1.807) is 12.1 Å². The first-order valence-electron chi connectivity index (χ1n) is 11.8. The van der Waals surface area contributed by atoms with E-state index in [2.05, 4.69) is 5.32 Å². The van der Waals surface area contributed by atoms with Crippen molar-refractivity contribution in [3.05, 3.63) is 107 Å². The standard InChI is InChI=1S/C30H24N2O5/c1-17-8-9-18(2)26(14-17)32-28(34)24-13-11-22(16-25(24)29(32)35)30(36)37-19(3)27(33)31-23-12-10-20-6-4-5-7-21(20)15-23/h4-16,19H,1-3H3,(H,31,33). The summed E-state index contributed by atoms with van der Waals surface area (Å²) in [6.45, 7) is 5.18. The minimum Gasteiger partial charge on any atom is -0.449 e. The molecule has 0 saturated carbocycles. The van der Waals surface area contributed by atoms with Crippen molar-refractivity contribution in [3.63, 3.8) is 0 Å². The third-order valence-electron chi connectivity index (χ3n) is 6.40. The second-order valence-corrected chi connectivity index (χ2v) is 9.09. The minimum atomic E-state index is -1.09. The summed E-state index contributed by atoms with van der Waals surface area (Å²) >= 11 is 0. The zero-order valence-corrected chi connectivity index (χ0v) is 20.6. The molecule has 1 N–H and O–H groups in total. The molecule has 5 rings (SSSR count). The summed E-state index contributed by atoms with van der Waals surface area (Å²) in [4.78, 5) is 52.8. The molecular weight excluding hydrogens is 468 g/mol. The number of esters is 1. The first-order valence-corrected chi connectivity index (χ1v) is 11.8. The van der Waals surface area contributed by atoms with Crippen LogP contribution in [0.2, 0.25) is 0 Å². The number of amides is 3. The molecule has 4 aromatic carbocycles. The Morgan fingerprint density at radius 1 is 0.811 bits per heavy atom. The molecular formula is C30H24N2O5. The zero-order chi connectivity index (χ0) is 26.3. The number of fused-ring (bicyclic) bond motifs is 2. The Hall–Kier alpha value is -4.78. The van der Waals surface area contributed by atoms with Crippen molar-refractivity contribution < 1.29 is 23.9 Å². The van der Waals surface area contributed by atoms with Gasteiger partial charge in [-0.2, -0.15) is 0 Å². The second kappa shape index (κ2) is 9.35. The van der Waals surface area contributed by atoms with Gasteiger partial charge in [0.2, 0.25) is 0 Å². The Balaban J connectivity index is 1.31. The predicted octanol–water partition coefficient (Wildman–Crippen LogP) is 5.44. The third-order valence-corrected chi connectivity index (χ3v) is 6.40. The average molecular weight is 493 g/mol. The number of ether oxygens (including phenoxy) is 1. The molecule has 184 valence electrons. The largest absolute Gasteiger partial charge is 0.449 e. The van der Waals surface area contributed by atoms with Gasteiger partial charge in [-0.1, -0.05) is 42.5 Å². The number of nitrogens with one attached hydrogen (secondary N) is 1. The van der Waals surface area contributed by atoms with Gasteiger partial charge >= 0.3 is 5.97 Å². The highest BCUT2D eigenvalue weighted by atomic mass is 16.5. The van der Waals surface area contributed by atoms with E-state index in [1.165, 1.54) is 25.1 Å². The van der Waals surface area contributed by atoms with Crippen LogP contribution in [0.1, 0.15) is 49.1 Å². The molecule has 37 heavy (non-hydrogen) atoms. The molecule has 0 radical (unpaired) electrons. The zero-order valence-electron chi connectivity index (χ0n) is 20.6. The average Bonchev–Trinajstić information content (AvgIpc) is 3.14. The topological polar surface area (TPSA) is 92.8 Å². The number of benzene rings is 4. The van der Waals surface area contributed by atoms with Crippen LogP contribution in [0, 0.1) is 13.8 Å². The molecule has 0 aromatic heterocycles. The molecule has 0 aliphatic carbocycles. The Morgan fingerprint density at radius 3 is 2.32 bits per heavy atom. The van der Waals surface area contributed by atoms with Gasteiger partial charge in [0.1, 0.15) is 0 Å². The van der Waals surface area contributed by atoms with Crippen molar-refractivity contribution in [2.45, 2.75) is 26.9 Å². The lowest BCUT2D eigenvalue weighted by Crippen LogP contribution is -2.30. The van der Waals surface area contributed by atoms with E-state index in [1.807, 2.05) is 62.4 Å². The minimum absolute atomic E-state index is 0.0769. The fourth-order valence-electron chi connectivity index (χ4n) is 4.34. The van der Waals surface area contributed by atoms with E-state index in [0.29, 0.717) is 11.4 Å². The summed E-state index contributed by atoms with van der Waals surface area (Å²) in [6.07, 6.45) is -1.09. The number of carbonyl (C=O) groups is 4. The van der Waals surface area contributed by atoms with Crippen LogP contribution in [0.25, 0.3) is 10.8 Å². The number of aryl methyl sites for hydroxylation is 2. The van der Waals surface area contributed by atoms with Gasteiger partial charge in [0.15, 0.2) is 6.10 Å². The summed E-state index contributed by atoms with van der Waals surface area (Å²) in [6, 6.07) is 23.0. The summed E-state index contributed by atoms with van der Waals surface area (Å²) in [5.41, 5.74) is 3.20. The maximum Gasteiger partial charge on any atom is 0.338 e. The molecule has 0 spiro atoms. The van der Waals surface area contributed by atoms with Crippen LogP contribution in [0.5, 0.6) is 0 Å². The summed E-state index contributed by atoms with van der Waals surface area (Å²) in [5.74, 6) is -2.21. The summed E-state index contributed by atoms with van der Waals surface area (Å²) in [7, 11) is 0. The van der Waals surface area contributed by atoms with E-state index in [-0.39, 0.29) is 16.7 Å². The fourth-order valence-corrected chi connectivity index (χ4v) is 4.34. The number of imide groups is 1. The third kappa shape index (κ3) is 4.47. The van der Waals surface area contributed by atoms with E-state index < -0.39 is 29.8 Å². The molecule has 0 bridgehead atoms. The van der Waals surface area contributed by atoms with Gasteiger partial charge in [0.25, 0.3) is 17.7 Å². The van der Waals surface area contributed by atoms with Gasteiger partial charge in [-0.05, 0) is 79.1 Å². The Morgan fingerprint density at radius 2 is 1.54 bits per heavy atom. The highest BCUT2D eigenvalue weighted by Crippen LogP contribution is 2.32. The first-order chi connectivity index (χ1) is 17.7. The molecule has 3 amide bonds. The molecule has 7 heteroatoms. The van der Waals surface area contributed by atoms with Crippen molar-refractivity contribution in [1.29, 1.82) is 0 Å². The molecule has 1 atom stereocenters. The molecule has 1 unspecified atom stereocenters. The van der Waals surface area contributed by atoms with E-state index >= 15 is 0 Å². The highest BCUT2D eigenvalue weighted by Gasteiger charge is 2.38. The molecule has 1 aliphatic heterocycles. The first kappa shape index (κ1) is 23.9. The quantitative estimate of drug-likeness (QED) is 0.296. The number of nitrogens with zero attached hydrogens (tertiary/aromatic N) is 1. The van der Waals surface area contributed by atoms with E-state index in [0.717, 1.165) is 26.8 Å². The number of hydrogen-bond donors (Lipinski definition) is 1. The molecule has 4 aromatic rings. The van der Waals surface area contributed by atoms with Gasteiger partial charge in [-0.15, -0.1) is 0 Å². The maximum atomic E-state index is 13.2.